The Morgan fingerprint density at radius 2 is 2.00 bits per heavy atom. The number of benzene rings is 2. The third-order valence-corrected chi connectivity index (χ3v) is 6.37. The summed E-state index contributed by atoms with van der Waals surface area (Å²) in [5, 5.41) is 0. The predicted molar refractivity (Wildman–Crippen MR) is 123 cm³/mol. The summed E-state index contributed by atoms with van der Waals surface area (Å²) in [6.07, 6.45) is 4.55. The molecule has 3 heterocycles. The van der Waals surface area contributed by atoms with E-state index in [2.05, 4.69) is 17.6 Å². The van der Waals surface area contributed by atoms with Gasteiger partial charge in [-0.25, -0.2) is 0 Å². The number of rotatable bonds is 4. The van der Waals surface area contributed by atoms with E-state index < -0.39 is 9.83 Å². The summed E-state index contributed by atoms with van der Waals surface area (Å²) in [6.45, 7) is 4.95. The van der Waals surface area contributed by atoms with Gasteiger partial charge in [0.15, 0.2) is 23.0 Å². The van der Waals surface area contributed by atoms with Crippen LogP contribution < -0.4 is 18.9 Å². The zero-order valence-electron chi connectivity index (χ0n) is 16.8. The molecule has 0 spiro atoms. The van der Waals surface area contributed by atoms with E-state index in [4.69, 9.17) is 53.8 Å². The SMILES string of the molecule is C=CCOc1c(OC)ccc2c1[C@@H](C(Cl)(Cl)Cl)N1CCc3cc4c(cc3C1=C2)OCO4. The highest BCUT2D eigenvalue weighted by atomic mass is 35.6. The van der Waals surface area contributed by atoms with E-state index in [1.807, 2.05) is 24.3 Å². The average Bonchev–Trinajstić information content (AvgIpc) is 3.20. The van der Waals surface area contributed by atoms with Crippen molar-refractivity contribution in [1.29, 1.82) is 0 Å². The van der Waals surface area contributed by atoms with Crippen LogP contribution in [-0.2, 0) is 6.42 Å². The maximum Gasteiger partial charge on any atom is 0.231 e. The molecule has 0 bridgehead atoms. The van der Waals surface area contributed by atoms with Gasteiger partial charge in [-0.3, -0.25) is 0 Å². The number of methoxy groups -OCH3 is 1. The van der Waals surface area contributed by atoms with Gasteiger partial charge in [-0.05, 0) is 41.8 Å². The molecule has 3 aliphatic heterocycles. The van der Waals surface area contributed by atoms with E-state index in [-0.39, 0.29) is 6.79 Å². The summed E-state index contributed by atoms with van der Waals surface area (Å²) >= 11 is 19.7. The molecule has 31 heavy (non-hydrogen) atoms. The largest absolute Gasteiger partial charge is 0.493 e. The van der Waals surface area contributed by atoms with Crippen molar-refractivity contribution < 1.29 is 18.9 Å². The summed E-state index contributed by atoms with van der Waals surface area (Å²) in [5.74, 6) is 2.63. The van der Waals surface area contributed by atoms with Crippen LogP contribution in [0.5, 0.6) is 23.0 Å². The van der Waals surface area contributed by atoms with Crippen LogP contribution in [0.15, 0.2) is 36.9 Å². The molecular formula is C23H20Cl3NO4. The van der Waals surface area contributed by atoms with Gasteiger partial charge in [0, 0.05) is 23.4 Å². The van der Waals surface area contributed by atoms with Gasteiger partial charge in [-0.1, -0.05) is 53.5 Å². The molecule has 0 amide bonds. The first-order valence-corrected chi connectivity index (χ1v) is 11.0. The van der Waals surface area contributed by atoms with Crippen LogP contribution in [0.2, 0.25) is 0 Å². The van der Waals surface area contributed by atoms with E-state index in [9.17, 15) is 0 Å². The Hall–Kier alpha value is -2.21. The molecule has 0 saturated heterocycles. The fraction of sp³-hybridized carbons (Fsp3) is 0.304. The van der Waals surface area contributed by atoms with Gasteiger partial charge in [0.25, 0.3) is 0 Å². The molecule has 0 radical (unpaired) electrons. The van der Waals surface area contributed by atoms with Crippen molar-refractivity contribution in [2.75, 3.05) is 27.1 Å². The molecule has 3 aliphatic rings. The maximum atomic E-state index is 6.58. The monoisotopic (exact) mass is 479 g/mol. The van der Waals surface area contributed by atoms with E-state index in [0.29, 0.717) is 24.7 Å². The third kappa shape index (κ3) is 3.39. The topological polar surface area (TPSA) is 40.2 Å². The van der Waals surface area contributed by atoms with E-state index in [1.54, 1.807) is 13.2 Å². The molecule has 162 valence electrons. The second-order valence-electron chi connectivity index (χ2n) is 7.48. The molecule has 5 nitrogen and oxygen atoms in total. The molecule has 2 aromatic carbocycles. The number of fused-ring (bicyclic) bond motifs is 5. The molecule has 8 heteroatoms. The van der Waals surface area contributed by atoms with Crippen LogP contribution in [0.25, 0.3) is 11.8 Å². The van der Waals surface area contributed by atoms with Gasteiger partial charge in [-0.15, -0.1) is 0 Å². The maximum absolute atomic E-state index is 6.58. The molecule has 0 unspecified atom stereocenters. The lowest BCUT2D eigenvalue weighted by Gasteiger charge is -2.45. The standard InChI is InChI=1S/C23H20Cl3NO4/c1-3-8-29-21-17(28-2)5-4-14-9-16-15-11-19-18(30-12-31-19)10-13(15)6-7-27(16)22(20(14)21)23(24,25)26/h3-5,9-11,22H,1,6-8,12H2,2H3/t22-/m0/s1. The first-order valence-electron chi connectivity index (χ1n) is 9.85. The Balaban J connectivity index is 1.73. The third-order valence-electron chi connectivity index (χ3n) is 5.75. The van der Waals surface area contributed by atoms with Crippen LogP contribution in [-0.4, -0.2) is 35.7 Å². The minimum absolute atomic E-state index is 0.227. The summed E-state index contributed by atoms with van der Waals surface area (Å²) < 4.78 is 21.1. The highest BCUT2D eigenvalue weighted by molar-refractivity contribution is 6.68. The van der Waals surface area contributed by atoms with Crippen LogP contribution in [0.4, 0.5) is 0 Å². The highest BCUT2D eigenvalue weighted by Gasteiger charge is 2.46. The lowest BCUT2D eigenvalue weighted by atomic mass is 9.86. The molecule has 0 N–H and O–H groups in total. The van der Waals surface area contributed by atoms with Crippen LogP contribution in [0.3, 0.4) is 0 Å². The fourth-order valence-electron chi connectivity index (χ4n) is 4.47. The first-order chi connectivity index (χ1) is 14.9. The van der Waals surface area contributed by atoms with Gasteiger partial charge in [-0.2, -0.15) is 0 Å². The number of nitrogens with zero attached hydrogens (tertiary/aromatic N) is 1. The van der Waals surface area contributed by atoms with Crippen molar-refractivity contribution in [2.24, 2.45) is 0 Å². The van der Waals surface area contributed by atoms with Crippen LogP contribution >= 0.6 is 34.8 Å². The number of ether oxygens (including phenoxy) is 4. The van der Waals surface area contributed by atoms with Gasteiger partial charge in [0.2, 0.25) is 10.6 Å². The number of halogens is 3. The summed E-state index contributed by atoms with van der Waals surface area (Å²) in [5.41, 5.74) is 4.89. The Morgan fingerprint density at radius 3 is 2.71 bits per heavy atom. The van der Waals surface area contributed by atoms with Crippen molar-refractivity contribution in [2.45, 2.75) is 16.3 Å². The lowest BCUT2D eigenvalue weighted by Crippen LogP contribution is -2.41. The number of hydrogen-bond acceptors (Lipinski definition) is 5. The molecule has 0 aromatic heterocycles. The van der Waals surface area contributed by atoms with Gasteiger partial charge >= 0.3 is 0 Å². The Labute approximate surface area is 195 Å². The Bertz CT molecular complexity index is 1090. The molecule has 0 fully saturated rings. The normalized spacial score (nSPS) is 18.5. The zero-order chi connectivity index (χ0) is 21.8. The molecule has 5 rings (SSSR count). The molecular weight excluding hydrogens is 461 g/mol. The lowest BCUT2D eigenvalue weighted by molar-refractivity contribution is 0.174. The van der Waals surface area contributed by atoms with Crippen molar-refractivity contribution in [3.8, 4) is 23.0 Å². The van der Waals surface area contributed by atoms with E-state index in [0.717, 1.165) is 40.3 Å². The zero-order valence-corrected chi connectivity index (χ0v) is 19.1. The smallest absolute Gasteiger partial charge is 0.231 e. The first kappa shape index (κ1) is 20.7. The van der Waals surface area contributed by atoms with Gasteiger partial charge < -0.3 is 23.8 Å². The summed E-state index contributed by atoms with van der Waals surface area (Å²) in [4.78, 5) is 2.13. The Morgan fingerprint density at radius 1 is 1.23 bits per heavy atom. The van der Waals surface area contributed by atoms with Crippen molar-refractivity contribution in [3.05, 3.63) is 59.2 Å². The van der Waals surface area contributed by atoms with E-state index >= 15 is 0 Å². The average molecular weight is 481 g/mol. The number of hydrogen-bond donors (Lipinski definition) is 0. The molecule has 2 aromatic rings. The molecule has 1 atom stereocenters. The van der Waals surface area contributed by atoms with Gasteiger partial charge in [0.1, 0.15) is 12.6 Å². The fourth-order valence-corrected chi connectivity index (χ4v) is 5.15. The van der Waals surface area contributed by atoms with Crippen LogP contribution in [0, 0.1) is 0 Å². The van der Waals surface area contributed by atoms with Crippen molar-refractivity contribution >= 4 is 46.6 Å². The van der Waals surface area contributed by atoms with Crippen LogP contribution in [0.1, 0.15) is 28.3 Å². The second-order valence-corrected chi connectivity index (χ2v) is 9.85. The summed E-state index contributed by atoms with van der Waals surface area (Å²) in [7, 11) is 1.59. The number of alkyl halides is 3. The molecule has 0 aliphatic carbocycles. The quantitative estimate of drug-likeness (QED) is 0.410. The van der Waals surface area contributed by atoms with Crippen molar-refractivity contribution in [3.63, 3.8) is 0 Å². The molecule has 0 saturated carbocycles. The summed E-state index contributed by atoms with van der Waals surface area (Å²) in [6, 6.07) is 7.31. The second kappa shape index (κ2) is 7.73. The van der Waals surface area contributed by atoms with Gasteiger partial charge in [0.05, 0.1) is 7.11 Å². The Kier molecular flexibility index (Phi) is 5.16. The minimum Gasteiger partial charge on any atom is -0.493 e. The predicted octanol–water partition coefficient (Wildman–Crippen LogP) is 5.77. The highest BCUT2D eigenvalue weighted by Crippen LogP contribution is 2.56. The minimum atomic E-state index is -1.61. The van der Waals surface area contributed by atoms with E-state index in [1.165, 1.54) is 5.56 Å². The van der Waals surface area contributed by atoms with Crippen molar-refractivity contribution in [1.82, 2.24) is 4.90 Å².